The molecule has 4 rings (SSSR count). The predicted octanol–water partition coefficient (Wildman–Crippen LogP) is -0.0317. The Hall–Kier alpha value is -3.09. The highest BCUT2D eigenvalue weighted by atomic mass is 16.7. The predicted molar refractivity (Wildman–Crippen MR) is 114 cm³/mol. The van der Waals surface area contributed by atoms with Crippen molar-refractivity contribution in [1.82, 2.24) is 0 Å². The van der Waals surface area contributed by atoms with Gasteiger partial charge in [-0.25, -0.2) is 4.79 Å². The summed E-state index contributed by atoms with van der Waals surface area (Å²) in [5, 5.41) is 70.4. The molecule has 0 aliphatic carbocycles. The van der Waals surface area contributed by atoms with Gasteiger partial charge in [0.25, 0.3) is 0 Å². The van der Waals surface area contributed by atoms with Crippen molar-refractivity contribution in [3.05, 3.63) is 47.0 Å². The molecule has 1 saturated heterocycles. The van der Waals surface area contributed by atoms with Gasteiger partial charge in [0, 0.05) is 24.1 Å². The SMILES string of the molecule is CCc1ccc(C2Oc3cc(O[C@@H]4OC(C(=O)O)[C@@H](O)[C@H](O)C4O)cc(O)c3C[C@@H]2O)cc1O. The lowest BCUT2D eigenvalue weighted by molar-refractivity contribution is -0.271. The van der Waals surface area contributed by atoms with E-state index in [4.69, 9.17) is 14.2 Å². The summed E-state index contributed by atoms with van der Waals surface area (Å²) in [7, 11) is 0. The number of carboxylic acid groups (broad SMARTS) is 1. The monoisotopic (exact) mass is 478 g/mol. The van der Waals surface area contributed by atoms with Crippen LogP contribution in [0.25, 0.3) is 0 Å². The molecular formula is C23H26O11. The van der Waals surface area contributed by atoms with E-state index in [1.807, 2.05) is 6.92 Å². The number of aromatic hydroxyl groups is 2. The van der Waals surface area contributed by atoms with E-state index in [2.05, 4.69) is 0 Å². The van der Waals surface area contributed by atoms with E-state index >= 15 is 0 Å². The van der Waals surface area contributed by atoms with E-state index in [9.17, 15) is 40.5 Å². The van der Waals surface area contributed by atoms with Crippen molar-refractivity contribution in [2.45, 2.75) is 62.7 Å². The van der Waals surface area contributed by atoms with Gasteiger partial charge in [-0.15, -0.1) is 0 Å². The molecule has 0 saturated carbocycles. The molecule has 11 heteroatoms. The van der Waals surface area contributed by atoms with E-state index < -0.39 is 48.9 Å². The molecule has 1 fully saturated rings. The van der Waals surface area contributed by atoms with Crippen LogP contribution in [-0.2, 0) is 22.4 Å². The fourth-order valence-electron chi connectivity index (χ4n) is 4.15. The quantitative estimate of drug-likeness (QED) is 0.306. The van der Waals surface area contributed by atoms with Gasteiger partial charge in [-0.3, -0.25) is 0 Å². The van der Waals surface area contributed by atoms with Gasteiger partial charge in [-0.05, 0) is 23.6 Å². The van der Waals surface area contributed by atoms with Gasteiger partial charge >= 0.3 is 5.97 Å². The lowest BCUT2D eigenvalue weighted by Crippen LogP contribution is -2.61. The van der Waals surface area contributed by atoms with Crippen LogP contribution in [0, 0.1) is 0 Å². The summed E-state index contributed by atoms with van der Waals surface area (Å²) >= 11 is 0. The van der Waals surface area contributed by atoms with Gasteiger partial charge in [0.2, 0.25) is 6.29 Å². The number of rotatable bonds is 5. The van der Waals surface area contributed by atoms with Crippen LogP contribution in [0.1, 0.15) is 29.7 Å². The first kappa shape index (κ1) is 24.0. The van der Waals surface area contributed by atoms with Gasteiger partial charge in [-0.1, -0.05) is 19.1 Å². The van der Waals surface area contributed by atoms with Crippen molar-refractivity contribution in [2.24, 2.45) is 0 Å². The maximum absolute atomic E-state index is 11.3. The van der Waals surface area contributed by atoms with Crippen LogP contribution in [-0.4, -0.2) is 78.5 Å². The van der Waals surface area contributed by atoms with Crippen molar-refractivity contribution in [3.63, 3.8) is 0 Å². The molecule has 0 bridgehead atoms. The molecule has 2 aromatic rings. The van der Waals surface area contributed by atoms with Gasteiger partial charge in [0.1, 0.15) is 47.4 Å². The van der Waals surface area contributed by atoms with Gasteiger partial charge in [0.15, 0.2) is 6.10 Å². The Morgan fingerprint density at radius 2 is 1.76 bits per heavy atom. The first-order chi connectivity index (χ1) is 16.1. The molecule has 2 aliphatic heterocycles. The second-order valence-electron chi connectivity index (χ2n) is 8.32. The molecule has 3 unspecified atom stereocenters. The number of aliphatic hydroxyl groups is 4. The van der Waals surface area contributed by atoms with Gasteiger partial charge in [0.05, 0.1) is 6.10 Å². The Balaban J connectivity index is 1.59. The van der Waals surface area contributed by atoms with Crippen molar-refractivity contribution in [1.29, 1.82) is 0 Å². The zero-order chi connectivity index (χ0) is 24.7. The third-order valence-electron chi connectivity index (χ3n) is 6.06. The minimum atomic E-state index is -1.87. The fraction of sp³-hybridized carbons (Fsp3) is 0.435. The molecule has 11 nitrogen and oxygen atoms in total. The molecule has 34 heavy (non-hydrogen) atoms. The number of carboxylic acids is 1. The van der Waals surface area contributed by atoms with Crippen LogP contribution in [0.4, 0.5) is 0 Å². The molecule has 184 valence electrons. The molecule has 0 spiro atoms. The van der Waals surface area contributed by atoms with Crippen molar-refractivity contribution < 1.29 is 54.8 Å². The maximum Gasteiger partial charge on any atom is 0.335 e. The number of phenolic OH excluding ortho intramolecular Hbond substituents is 2. The summed E-state index contributed by atoms with van der Waals surface area (Å²) < 4.78 is 16.5. The number of aliphatic carboxylic acids is 1. The zero-order valence-corrected chi connectivity index (χ0v) is 18.1. The summed E-state index contributed by atoms with van der Waals surface area (Å²) in [6.45, 7) is 1.90. The molecule has 7 N–H and O–H groups in total. The molecule has 0 aromatic heterocycles. The molecule has 0 radical (unpaired) electrons. The third-order valence-corrected chi connectivity index (χ3v) is 6.06. The van der Waals surface area contributed by atoms with Gasteiger partial charge < -0.3 is 50.0 Å². The third kappa shape index (κ3) is 4.36. The average Bonchev–Trinajstić information content (AvgIpc) is 2.79. The number of aliphatic hydroxyl groups excluding tert-OH is 4. The minimum absolute atomic E-state index is 0.0386. The molecule has 7 atom stereocenters. The van der Waals surface area contributed by atoms with E-state index in [0.717, 1.165) is 5.56 Å². The van der Waals surface area contributed by atoms with Crippen molar-refractivity contribution in [3.8, 4) is 23.0 Å². The number of phenols is 2. The largest absolute Gasteiger partial charge is 0.508 e. The van der Waals surface area contributed by atoms with Crippen LogP contribution in [0.15, 0.2) is 30.3 Å². The van der Waals surface area contributed by atoms with Crippen LogP contribution in [0.3, 0.4) is 0 Å². The number of hydrogen-bond donors (Lipinski definition) is 7. The Labute approximate surface area is 194 Å². The van der Waals surface area contributed by atoms with E-state index in [1.54, 1.807) is 12.1 Å². The Kier molecular flexibility index (Phi) is 6.56. The summed E-state index contributed by atoms with van der Waals surface area (Å²) in [6, 6.07) is 7.48. The highest BCUT2D eigenvalue weighted by molar-refractivity contribution is 5.73. The molecule has 0 amide bonds. The maximum atomic E-state index is 11.3. The standard InChI is InChI=1S/C23H26O11/c1-2-9-3-4-10(5-13(9)24)20-15(26)8-12-14(25)6-11(7-16(12)33-20)32-23-19(29)17(27)18(28)21(34-23)22(30)31/h3-7,15,17-21,23-29H,2,8H2,1H3,(H,30,31)/t15-,17-,18-,19?,20?,21?,23+/m0/s1. The molecule has 2 aliphatic rings. The summed E-state index contributed by atoms with van der Waals surface area (Å²) in [6.07, 6.45) is -10.2. The van der Waals surface area contributed by atoms with Crippen LogP contribution >= 0.6 is 0 Å². The molecular weight excluding hydrogens is 452 g/mol. The lowest BCUT2D eigenvalue weighted by Gasteiger charge is -2.38. The van der Waals surface area contributed by atoms with E-state index in [1.165, 1.54) is 18.2 Å². The van der Waals surface area contributed by atoms with Crippen LogP contribution in [0.2, 0.25) is 0 Å². The van der Waals surface area contributed by atoms with Crippen LogP contribution in [0.5, 0.6) is 23.0 Å². The summed E-state index contributed by atoms with van der Waals surface area (Å²) in [4.78, 5) is 11.3. The number of hydrogen-bond acceptors (Lipinski definition) is 10. The molecule has 2 aromatic carbocycles. The zero-order valence-electron chi connectivity index (χ0n) is 18.1. The summed E-state index contributed by atoms with van der Waals surface area (Å²) in [5.41, 5.74) is 1.56. The average molecular weight is 478 g/mol. The minimum Gasteiger partial charge on any atom is -0.508 e. The van der Waals surface area contributed by atoms with Crippen molar-refractivity contribution in [2.75, 3.05) is 0 Å². The Morgan fingerprint density at radius 3 is 2.41 bits per heavy atom. The van der Waals surface area contributed by atoms with Crippen LogP contribution < -0.4 is 9.47 Å². The first-order valence-electron chi connectivity index (χ1n) is 10.7. The lowest BCUT2D eigenvalue weighted by atomic mass is 9.93. The van der Waals surface area contributed by atoms with E-state index in [0.29, 0.717) is 17.5 Å². The number of benzene rings is 2. The first-order valence-corrected chi connectivity index (χ1v) is 10.7. The second kappa shape index (κ2) is 9.28. The number of fused-ring (bicyclic) bond motifs is 1. The number of ether oxygens (including phenoxy) is 3. The smallest absolute Gasteiger partial charge is 0.335 e. The normalized spacial score (nSPS) is 30.8. The highest BCUT2D eigenvalue weighted by Gasteiger charge is 2.48. The number of aryl methyl sites for hydroxylation is 1. The second-order valence-corrected chi connectivity index (χ2v) is 8.32. The van der Waals surface area contributed by atoms with Gasteiger partial charge in [-0.2, -0.15) is 0 Å². The topological polar surface area (TPSA) is 186 Å². The fourth-order valence-corrected chi connectivity index (χ4v) is 4.15. The number of carbonyl (C=O) groups is 1. The summed E-state index contributed by atoms with van der Waals surface area (Å²) in [5.74, 6) is -1.69. The van der Waals surface area contributed by atoms with E-state index in [-0.39, 0.29) is 29.4 Å². The highest BCUT2D eigenvalue weighted by Crippen LogP contribution is 2.43. The van der Waals surface area contributed by atoms with Crippen molar-refractivity contribution >= 4 is 5.97 Å². The Bertz CT molecular complexity index is 1070. The Morgan fingerprint density at radius 1 is 1.03 bits per heavy atom. The molecule has 2 heterocycles.